The maximum Gasteiger partial charge on any atom is 0.171 e. The van der Waals surface area contributed by atoms with E-state index in [0.29, 0.717) is 19.3 Å². The highest BCUT2D eigenvalue weighted by atomic mass is 16.6. The molecule has 1 saturated heterocycles. The third-order valence-electron chi connectivity index (χ3n) is 5.03. The van der Waals surface area contributed by atoms with E-state index in [-0.39, 0.29) is 5.92 Å². The van der Waals surface area contributed by atoms with Gasteiger partial charge in [0.1, 0.15) is 0 Å². The lowest BCUT2D eigenvalue weighted by Crippen LogP contribution is -2.70. The normalized spacial score (nSPS) is 48.4. The van der Waals surface area contributed by atoms with Crippen LogP contribution in [-0.4, -0.2) is 34.1 Å². The first-order valence-corrected chi connectivity index (χ1v) is 6.45. The first kappa shape index (κ1) is 14.9. The van der Waals surface area contributed by atoms with Crippen LogP contribution in [-0.2, 0) is 9.94 Å². The SMILES string of the molecule is CCC1(C)CC(O)(OC)C(C)C(C)(CC)N1[O]. The zero-order valence-electron chi connectivity index (χ0n) is 11.9. The Morgan fingerprint density at radius 3 is 2.24 bits per heavy atom. The van der Waals surface area contributed by atoms with E-state index in [0.717, 1.165) is 0 Å². The van der Waals surface area contributed by atoms with Crippen LogP contribution in [0.25, 0.3) is 0 Å². The van der Waals surface area contributed by atoms with Gasteiger partial charge in [-0.2, -0.15) is 0 Å². The molecule has 1 rings (SSSR count). The van der Waals surface area contributed by atoms with Gasteiger partial charge in [0.25, 0.3) is 0 Å². The number of hydrogen-bond donors (Lipinski definition) is 1. The zero-order valence-corrected chi connectivity index (χ0v) is 11.9. The maximum atomic E-state index is 12.6. The molecule has 1 N–H and O–H groups in total. The molecule has 0 spiro atoms. The van der Waals surface area contributed by atoms with Crippen molar-refractivity contribution < 1.29 is 15.1 Å². The number of hydrogen-bond acceptors (Lipinski definition) is 3. The van der Waals surface area contributed by atoms with Crippen molar-refractivity contribution in [3.63, 3.8) is 0 Å². The second-order valence-corrected chi connectivity index (χ2v) is 5.80. The second kappa shape index (κ2) is 4.50. The minimum Gasteiger partial charge on any atom is -0.365 e. The summed E-state index contributed by atoms with van der Waals surface area (Å²) in [6.45, 7) is 9.69. The van der Waals surface area contributed by atoms with E-state index in [1.54, 1.807) is 0 Å². The molecule has 0 aromatic carbocycles. The van der Waals surface area contributed by atoms with E-state index in [1.807, 2.05) is 34.6 Å². The number of piperidine rings is 1. The summed E-state index contributed by atoms with van der Waals surface area (Å²) in [7, 11) is 1.52. The highest BCUT2D eigenvalue weighted by Gasteiger charge is 2.60. The van der Waals surface area contributed by atoms with E-state index in [4.69, 9.17) is 4.74 Å². The molecule has 4 heteroatoms. The maximum absolute atomic E-state index is 12.6. The van der Waals surface area contributed by atoms with Gasteiger partial charge in [-0.15, -0.1) is 10.3 Å². The Bertz CT molecular complexity index is 262. The Morgan fingerprint density at radius 2 is 1.88 bits per heavy atom. The number of methoxy groups -OCH3 is 1. The summed E-state index contributed by atoms with van der Waals surface area (Å²) in [6, 6.07) is 0. The van der Waals surface area contributed by atoms with Gasteiger partial charge in [-0.3, -0.25) is 0 Å². The van der Waals surface area contributed by atoms with Crippen molar-refractivity contribution in [1.29, 1.82) is 0 Å². The summed E-state index contributed by atoms with van der Waals surface area (Å²) in [5, 5.41) is 24.4. The lowest BCUT2D eigenvalue weighted by atomic mass is 9.67. The number of rotatable bonds is 3. The molecule has 4 nitrogen and oxygen atoms in total. The summed E-state index contributed by atoms with van der Waals surface area (Å²) in [5.41, 5.74) is -1.16. The Hall–Kier alpha value is -0.160. The number of nitrogens with zero attached hydrogens (tertiary/aromatic N) is 1. The van der Waals surface area contributed by atoms with Crippen molar-refractivity contribution in [2.24, 2.45) is 5.92 Å². The third-order valence-corrected chi connectivity index (χ3v) is 5.03. The van der Waals surface area contributed by atoms with Gasteiger partial charge in [0.05, 0.1) is 11.1 Å². The zero-order chi connectivity index (χ0) is 13.5. The van der Waals surface area contributed by atoms with Crippen molar-refractivity contribution >= 4 is 0 Å². The molecule has 0 bridgehead atoms. The smallest absolute Gasteiger partial charge is 0.171 e. The molecule has 1 heterocycles. The van der Waals surface area contributed by atoms with Gasteiger partial charge in [0.15, 0.2) is 5.79 Å². The molecule has 4 unspecified atom stereocenters. The molecule has 1 aliphatic heterocycles. The van der Waals surface area contributed by atoms with Gasteiger partial charge < -0.3 is 9.84 Å². The Labute approximate surface area is 105 Å². The molecule has 4 atom stereocenters. The van der Waals surface area contributed by atoms with Crippen LogP contribution in [0, 0.1) is 5.92 Å². The fraction of sp³-hybridized carbons (Fsp3) is 1.00. The monoisotopic (exact) mass is 244 g/mol. The van der Waals surface area contributed by atoms with Gasteiger partial charge in [-0.05, 0) is 26.7 Å². The van der Waals surface area contributed by atoms with E-state index >= 15 is 0 Å². The topological polar surface area (TPSA) is 52.6 Å². The van der Waals surface area contributed by atoms with Gasteiger partial charge in [-0.1, -0.05) is 20.8 Å². The minimum atomic E-state index is -1.21. The van der Waals surface area contributed by atoms with E-state index in [9.17, 15) is 10.3 Å². The Balaban J connectivity index is 3.23. The number of hydroxylamine groups is 2. The molecule has 1 radical (unpaired) electrons. The van der Waals surface area contributed by atoms with Crippen LogP contribution in [0.2, 0.25) is 0 Å². The third kappa shape index (κ3) is 2.01. The van der Waals surface area contributed by atoms with Crippen LogP contribution in [0.3, 0.4) is 0 Å². The van der Waals surface area contributed by atoms with Crippen molar-refractivity contribution in [1.82, 2.24) is 5.06 Å². The summed E-state index contributed by atoms with van der Waals surface area (Å²) >= 11 is 0. The van der Waals surface area contributed by atoms with Crippen molar-refractivity contribution in [3.05, 3.63) is 0 Å². The highest BCUT2D eigenvalue weighted by molar-refractivity contribution is 5.06. The van der Waals surface area contributed by atoms with Gasteiger partial charge >= 0.3 is 0 Å². The molecule has 0 aromatic rings. The lowest BCUT2D eigenvalue weighted by Gasteiger charge is -2.58. The van der Waals surface area contributed by atoms with Crippen molar-refractivity contribution in [2.45, 2.75) is 70.7 Å². The van der Waals surface area contributed by atoms with Crippen LogP contribution in [0.5, 0.6) is 0 Å². The standard InChI is InChI=1S/C13H26NO3/c1-7-11(4)9-13(15,17-6)10(3)12(5,8-2)14(11)16/h10,15H,7-9H2,1-6H3. The molecular formula is C13H26NO3. The van der Waals surface area contributed by atoms with Crippen molar-refractivity contribution in [2.75, 3.05) is 7.11 Å². The predicted octanol–water partition coefficient (Wildman–Crippen LogP) is 2.35. The lowest BCUT2D eigenvalue weighted by molar-refractivity contribution is -0.379. The summed E-state index contributed by atoms with van der Waals surface area (Å²) < 4.78 is 5.32. The quantitative estimate of drug-likeness (QED) is 0.775. The first-order chi connectivity index (χ1) is 7.70. The molecule has 0 saturated carbocycles. The van der Waals surface area contributed by atoms with Crippen molar-refractivity contribution in [3.8, 4) is 0 Å². The number of aliphatic hydroxyl groups is 1. The van der Waals surface area contributed by atoms with Crippen LogP contribution in [0.1, 0.15) is 53.9 Å². The van der Waals surface area contributed by atoms with Crippen LogP contribution < -0.4 is 0 Å². The van der Waals surface area contributed by atoms with Crippen LogP contribution >= 0.6 is 0 Å². The first-order valence-electron chi connectivity index (χ1n) is 6.45. The van der Waals surface area contributed by atoms with Gasteiger partial charge in [0.2, 0.25) is 0 Å². The largest absolute Gasteiger partial charge is 0.365 e. The fourth-order valence-corrected chi connectivity index (χ4v) is 3.02. The highest BCUT2D eigenvalue weighted by Crippen LogP contribution is 2.49. The molecule has 1 fully saturated rings. The fourth-order valence-electron chi connectivity index (χ4n) is 3.02. The van der Waals surface area contributed by atoms with E-state index in [1.165, 1.54) is 12.2 Å². The molecular weight excluding hydrogens is 218 g/mol. The summed E-state index contributed by atoms with van der Waals surface area (Å²) in [5.74, 6) is -1.43. The average Bonchev–Trinajstić information content (AvgIpc) is 2.34. The predicted molar refractivity (Wildman–Crippen MR) is 65.7 cm³/mol. The van der Waals surface area contributed by atoms with Gasteiger partial charge in [0, 0.05) is 19.4 Å². The molecule has 0 aromatic heterocycles. The minimum absolute atomic E-state index is 0.220. The molecule has 17 heavy (non-hydrogen) atoms. The number of ether oxygens (including phenoxy) is 1. The Morgan fingerprint density at radius 1 is 1.35 bits per heavy atom. The molecule has 101 valence electrons. The molecule has 0 aliphatic carbocycles. The van der Waals surface area contributed by atoms with Crippen LogP contribution in [0.4, 0.5) is 0 Å². The average molecular weight is 244 g/mol. The summed E-state index contributed by atoms with van der Waals surface area (Å²) in [6.07, 6.45) is 1.75. The van der Waals surface area contributed by atoms with Crippen LogP contribution in [0.15, 0.2) is 0 Å². The second-order valence-electron chi connectivity index (χ2n) is 5.80. The molecule has 1 aliphatic rings. The van der Waals surface area contributed by atoms with E-state index < -0.39 is 16.9 Å². The Kier molecular flexibility index (Phi) is 3.94. The molecule has 0 amide bonds. The van der Waals surface area contributed by atoms with E-state index in [2.05, 4.69) is 0 Å². The summed E-state index contributed by atoms with van der Waals surface area (Å²) in [4.78, 5) is 0. The van der Waals surface area contributed by atoms with Gasteiger partial charge in [-0.25, -0.2) is 0 Å².